The molecule has 1 atom stereocenters. The molecule has 0 fully saturated rings. The highest BCUT2D eigenvalue weighted by molar-refractivity contribution is 5.29. The Kier molecular flexibility index (Phi) is 4.10. The van der Waals surface area contributed by atoms with Gasteiger partial charge in [0.25, 0.3) is 0 Å². The minimum atomic E-state index is 0.193. The van der Waals surface area contributed by atoms with Crippen molar-refractivity contribution in [3.63, 3.8) is 0 Å². The molecule has 2 rings (SSSR count). The Labute approximate surface area is 108 Å². The van der Waals surface area contributed by atoms with Gasteiger partial charge in [0.2, 0.25) is 0 Å². The van der Waals surface area contributed by atoms with Crippen molar-refractivity contribution in [2.24, 2.45) is 0 Å². The van der Waals surface area contributed by atoms with Gasteiger partial charge in [-0.25, -0.2) is 4.98 Å². The summed E-state index contributed by atoms with van der Waals surface area (Å²) in [6.45, 7) is 7.28. The van der Waals surface area contributed by atoms with Crippen LogP contribution in [-0.2, 0) is 6.42 Å². The highest BCUT2D eigenvalue weighted by Gasteiger charge is 2.14. The first-order chi connectivity index (χ1) is 8.69. The molecule has 0 bridgehead atoms. The van der Waals surface area contributed by atoms with Crippen molar-refractivity contribution in [3.05, 3.63) is 47.0 Å². The second kappa shape index (κ2) is 5.78. The maximum absolute atomic E-state index is 4.25. The van der Waals surface area contributed by atoms with Crippen LogP contribution in [0.5, 0.6) is 0 Å². The van der Waals surface area contributed by atoms with E-state index in [1.54, 1.807) is 6.33 Å². The van der Waals surface area contributed by atoms with E-state index in [1.165, 1.54) is 16.7 Å². The summed E-state index contributed by atoms with van der Waals surface area (Å²) in [5, 5.41) is 10.3. The first kappa shape index (κ1) is 12.8. The van der Waals surface area contributed by atoms with Gasteiger partial charge in [-0.3, -0.25) is 5.10 Å². The van der Waals surface area contributed by atoms with Crippen LogP contribution < -0.4 is 5.32 Å². The van der Waals surface area contributed by atoms with E-state index >= 15 is 0 Å². The maximum Gasteiger partial charge on any atom is 0.141 e. The largest absolute Gasteiger partial charge is 0.307 e. The van der Waals surface area contributed by atoms with Gasteiger partial charge in [-0.15, -0.1) is 0 Å². The first-order valence-electron chi connectivity index (χ1n) is 6.35. The summed E-state index contributed by atoms with van der Waals surface area (Å²) in [4.78, 5) is 4.25. The molecule has 2 aromatic rings. The zero-order valence-corrected chi connectivity index (χ0v) is 11.2. The molecule has 0 amide bonds. The highest BCUT2D eigenvalue weighted by Crippen LogP contribution is 2.17. The molecule has 96 valence electrons. The number of benzene rings is 1. The molecule has 1 heterocycles. The van der Waals surface area contributed by atoms with Gasteiger partial charge in [0.1, 0.15) is 12.2 Å². The maximum atomic E-state index is 4.25. The lowest BCUT2D eigenvalue weighted by atomic mass is 10.0. The number of H-pyrrole nitrogens is 1. The fourth-order valence-electron chi connectivity index (χ4n) is 2.32. The van der Waals surface area contributed by atoms with Crippen LogP contribution in [0.3, 0.4) is 0 Å². The summed E-state index contributed by atoms with van der Waals surface area (Å²) < 4.78 is 0. The zero-order valence-electron chi connectivity index (χ0n) is 11.2. The molecule has 0 saturated carbocycles. The van der Waals surface area contributed by atoms with E-state index in [0.717, 1.165) is 18.8 Å². The molecule has 0 aliphatic heterocycles. The molecule has 0 aliphatic carbocycles. The molecule has 1 aromatic heterocycles. The third-order valence-corrected chi connectivity index (χ3v) is 2.94. The molecule has 4 heteroatoms. The first-order valence-corrected chi connectivity index (χ1v) is 6.35. The number of nitrogens with zero attached hydrogens (tertiary/aromatic N) is 2. The second-order valence-electron chi connectivity index (χ2n) is 4.68. The summed E-state index contributed by atoms with van der Waals surface area (Å²) in [5.74, 6) is 0.899. The molecule has 18 heavy (non-hydrogen) atoms. The van der Waals surface area contributed by atoms with E-state index in [9.17, 15) is 0 Å². The Hall–Kier alpha value is -1.68. The summed E-state index contributed by atoms with van der Waals surface area (Å²) in [7, 11) is 0. The van der Waals surface area contributed by atoms with Crippen LogP contribution in [-0.4, -0.2) is 21.7 Å². The number of likely N-dealkylation sites (N-methyl/N-ethyl adjacent to an activating group) is 1. The van der Waals surface area contributed by atoms with Crippen LogP contribution in [0.2, 0.25) is 0 Å². The number of aryl methyl sites for hydroxylation is 2. The van der Waals surface area contributed by atoms with Gasteiger partial charge in [-0.2, -0.15) is 5.10 Å². The van der Waals surface area contributed by atoms with Crippen LogP contribution >= 0.6 is 0 Å². The lowest BCUT2D eigenvalue weighted by Gasteiger charge is -2.16. The predicted octanol–water partition coefficient (Wildman–Crippen LogP) is 2.31. The quantitative estimate of drug-likeness (QED) is 0.848. The monoisotopic (exact) mass is 244 g/mol. The van der Waals surface area contributed by atoms with Crippen LogP contribution in [0.15, 0.2) is 24.5 Å². The Morgan fingerprint density at radius 2 is 1.94 bits per heavy atom. The minimum Gasteiger partial charge on any atom is -0.307 e. The van der Waals surface area contributed by atoms with Crippen LogP contribution in [0.4, 0.5) is 0 Å². The van der Waals surface area contributed by atoms with Crippen molar-refractivity contribution in [1.82, 2.24) is 20.5 Å². The molecule has 1 aromatic carbocycles. The summed E-state index contributed by atoms with van der Waals surface area (Å²) in [5.41, 5.74) is 3.94. The summed E-state index contributed by atoms with van der Waals surface area (Å²) in [6.07, 6.45) is 2.48. The van der Waals surface area contributed by atoms with E-state index in [4.69, 9.17) is 0 Å². The van der Waals surface area contributed by atoms with Crippen LogP contribution in [0.25, 0.3) is 0 Å². The van der Waals surface area contributed by atoms with Crippen molar-refractivity contribution in [1.29, 1.82) is 0 Å². The number of hydrogen-bond donors (Lipinski definition) is 2. The fraction of sp³-hybridized carbons (Fsp3) is 0.429. The van der Waals surface area contributed by atoms with Gasteiger partial charge in [-0.1, -0.05) is 36.2 Å². The van der Waals surface area contributed by atoms with Gasteiger partial charge < -0.3 is 5.32 Å². The lowest BCUT2D eigenvalue weighted by molar-refractivity contribution is 0.523. The Bertz CT molecular complexity index is 470. The Morgan fingerprint density at radius 3 is 2.50 bits per heavy atom. The Balaban J connectivity index is 2.18. The van der Waals surface area contributed by atoms with Crippen molar-refractivity contribution in [2.45, 2.75) is 33.2 Å². The van der Waals surface area contributed by atoms with Gasteiger partial charge in [0.15, 0.2) is 0 Å². The van der Waals surface area contributed by atoms with E-state index < -0.39 is 0 Å². The number of aromatic nitrogens is 3. The minimum absolute atomic E-state index is 0.193. The van der Waals surface area contributed by atoms with Crippen LogP contribution in [0.1, 0.15) is 35.5 Å². The molecular formula is C14H20N4. The second-order valence-corrected chi connectivity index (χ2v) is 4.68. The average molecular weight is 244 g/mol. The van der Waals surface area contributed by atoms with Gasteiger partial charge >= 0.3 is 0 Å². The van der Waals surface area contributed by atoms with Crippen molar-refractivity contribution < 1.29 is 0 Å². The third-order valence-electron chi connectivity index (χ3n) is 2.94. The highest BCUT2D eigenvalue weighted by atomic mass is 15.2. The molecule has 0 radical (unpaired) electrons. The lowest BCUT2D eigenvalue weighted by Crippen LogP contribution is -2.24. The molecule has 0 saturated heterocycles. The number of hydrogen-bond acceptors (Lipinski definition) is 3. The van der Waals surface area contributed by atoms with E-state index in [2.05, 4.69) is 59.5 Å². The molecular weight excluding hydrogens is 224 g/mol. The van der Waals surface area contributed by atoms with Gasteiger partial charge in [0.05, 0.1) is 6.04 Å². The van der Waals surface area contributed by atoms with Crippen molar-refractivity contribution in [3.8, 4) is 0 Å². The van der Waals surface area contributed by atoms with Crippen molar-refractivity contribution in [2.75, 3.05) is 6.54 Å². The average Bonchev–Trinajstić information content (AvgIpc) is 2.80. The topological polar surface area (TPSA) is 53.6 Å². The van der Waals surface area contributed by atoms with Gasteiger partial charge in [-0.05, 0) is 32.4 Å². The smallest absolute Gasteiger partial charge is 0.141 e. The van der Waals surface area contributed by atoms with E-state index in [0.29, 0.717) is 0 Å². The summed E-state index contributed by atoms with van der Waals surface area (Å²) >= 11 is 0. The number of rotatable bonds is 5. The van der Waals surface area contributed by atoms with Crippen molar-refractivity contribution >= 4 is 0 Å². The van der Waals surface area contributed by atoms with Gasteiger partial charge in [0, 0.05) is 0 Å². The SMILES string of the molecule is CCNC(Cc1cc(C)cc(C)c1)c1ncn[nH]1. The normalized spacial score (nSPS) is 12.6. The third kappa shape index (κ3) is 3.17. The zero-order chi connectivity index (χ0) is 13.0. The molecule has 1 unspecified atom stereocenters. The van der Waals surface area contributed by atoms with Crippen LogP contribution in [0, 0.1) is 13.8 Å². The predicted molar refractivity (Wildman–Crippen MR) is 72.4 cm³/mol. The summed E-state index contributed by atoms with van der Waals surface area (Å²) in [6, 6.07) is 6.85. The van der Waals surface area contributed by atoms with E-state index in [-0.39, 0.29) is 6.04 Å². The standard InChI is InChI=1S/C14H20N4/c1-4-15-13(14-16-9-17-18-14)8-12-6-10(2)5-11(3)7-12/h5-7,9,13,15H,4,8H2,1-3H3,(H,16,17,18). The number of aromatic amines is 1. The molecule has 0 aliphatic rings. The molecule has 2 N–H and O–H groups in total. The molecule has 0 spiro atoms. The fourth-order valence-corrected chi connectivity index (χ4v) is 2.32. The molecule has 4 nitrogen and oxygen atoms in total. The number of nitrogens with one attached hydrogen (secondary N) is 2. The Morgan fingerprint density at radius 1 is 1.22 bits per heavy atom. The van der Waals surface area contributed by atoms with E-state index in [1.807, 2.05) is 0 Å².